The van der Waals surface area contributed by atoms with Gasteiger partial charge in [-0.25, -0.2) is 4.79 Å². The number of amides is 1. The third kappa shape index (κ3) is 12.2. The van der Waals surface area contributed by atoms with Gasteiger partial charge >= 0.3 is 6.09 Å². The van der Waals surface area contributed by atoms with Crippen LogP contribution in [-0.4, -0.2) is 21.7 Å². The van der Waals surface area contributed by atoms with Crippen LogP contribution in [0.5, 0.6) is 0 Å². The minimum Gasteiger partial charge on any atom is -0.465 e. The number of unbranched alkanes of at least 4 members (excludes halogenated alkanes) is 7. The van der Waals surface area contributed by atoms with Crippen molar-refractivity contribution < 1.29 is 9.90 Å². The highest BCUT2D eigenvalue weighted by Gasteiger charge is 2.08. The summed E-state index contributed by atoms with van der Waals surface area (Å²) in [6, 6.07) is 0.133. The molecule has 0 aliphatic rings. The van der Waals surface area contributed by atoms with Crippen LogP contribution in [0.3, 0.4) is 0 Å². The molecule has 102 valence electrons. The summed E-state index contributed by atoms with van der Waals surface area (Å²) in [5.74, 6) is 0. The van der Waals surface area contributed by atoms with Crippen molar-refractivity contribution in [3.05, 3.63) is 0 Å². The lowest BCUT2D eigenvalue weighted by molar-refractivity contribution is 0.190. The molecule has 0 saturated carbocycles. The summed E-state index contributed by atoms with van der Waals surface area (Å²) in [5.41, 5.74) is 0. The number of carbonyl (C=O) groups is 1. The van der Waals surface area contributed by atoms with Crippen molar-refractivity contribution in [2.24, 2.45) is 0 Å². The predicted molar refractivity (Wildman–Crippen MR) is 81.1 cm³/mol. The molecule has 0 saturated heterocycles. The highest BCUT2D eigenvalue weighted by Crippen LogP contribution is 2.11. The molecule has 0 aliphatic carbocycles. The zero-order valence-corrected chi connectivity index (χ0v) is 13.0. The molecule has 0 aromatic heterocycles. The molecule has 0 bridgehead atoms. The molecule has 0 unspecified atom stereocenters. The highest BCUT2D eigenvalue weighted by molar-refractivity contribution is 14.1. The van der Waals surface area contributed by atoms with Crippen LogP contribution >= 0.6 is 22.6 Å². The van der Waals surface area contributed by atoms with Crippen molar-refractivity contribution in [1.29, 1.82) is 0 Å². The summed E-state index contributed by atoms with van der Waals surface area (Å²) in [5, 5.41) is 11.2. The molecule has 0 fully saturated rings. The molecule has 0 radical (unpaired) electrons. The molecule has 0 aliphatic heterocycles. The third-order valence-electron chi connectivity index (χ3n) is 2.92. The van der Waals surface area contributed by atoms with Crippen molar-refractivity contribution in [3.8, 4) is 0 Å². The average molecular weight is 355 g/mol. The number of hydrogen-bond donors (Lipinski definition) is 2. The first-order valence-corrected chi connectivity index (χ1v) is 8.28. The predicted octanol–water partition coefficient (Wildman–Crippen LogP) is 4.59. The van der Waals surface area contributed by atoms with Gasteiger partial charge in [0, 0.05) is 10.5 Å². The number of hydrogen-bond acceptors (Lipinski definition) is 1. The normalized spacial score (nSPS) is 12.4. The summed E-state index contributed by atoms with van der Waals surface area (Å²) in [6.45, 7) is 2.24. The third-order valence-corrected chi connectivity index (χ3v) is 3.98. The Balaban J connectivity index is 3.28. The van der Waals surface area contributed by atoms with E-state index in [4.69, 9.17) is 5.11 Å². The van der Waals surface area contributed by atoms with Gasteiger partial charge in [0.05, 0.1) is 0 Å². The van der Waals surface area contributed by atoms with E-state index in [1.807, 2.05) is 0 Å². The van der Waals surface area contributed by atoms with E-state index in [0.717, 1.165) is 17.3 Å². The van der Waals surface area contributed by atoms with Gasteiger partial charge in [-0.15, -0.1) is 0 Å². The van der Waals surface area contributed by atoms with Gasteiger partial charge in [0.15, 0.2) is 0 Å². The van der Waals surface area contributed by atoms with Gasteiger partial charge in [0.25, 0.3) is 0 Å². The van der Waals surface area contributed by atoms with E-state index in [1.54, 1.807) is 0 Å². The minimum absolute atomic E-state index is 0.133. The quantitative estimate of drug-likeness (QED) is 0.324. The van der Waals surface area contributed by atoms with Gasteiger partial charge < -0.3 is 10.4 Å². The van der Waals surface area contributed by atoms with Crippen LogP contribution in [0.1, 0.15) is 64.7 Å². The number of nitrogens with one attached hydrogen (secondary N) is 1. The Morgan fingerprint density at radius 2 is 1.65 bits per heavy atom. The molecule has 1 amide bonds. The number of carboxylic acid groups (broad SMARTS) is 1. The maximum atomic E-state index is 10.5. The topological polar surface area (TPSA) is 49.3 Å². The van der Waals surface area contributed by atoms with Gasteiger partial charge in [0.2, 0.25) is 0 Å². The zero-order chi connectivity index (χ0) is 12.9. The molecule has 2 N–H and O–H groups in total. The number of alkyl halides is 1. The van der Waals surface area contributed by atoms with Gasteiger partial charge in [-0.05, 0) is 6.42 Å². The van der Waals surface area contributed by atoms with Crippen molar-refractivity contribution in [1.82, 2.24) is 5.32 Å². The second kappa shape index (κ2) is 12.5. The van der Waals surface area contributed by atoms with Gasteiger partial charge in [-0.3, -0.25) is 0 Å². The SMILES string of the molecule is CCCCCCCCCC[C@H](CI)NC(=O)O. The van der Waals surface area contributed by atoms with Crippen LogP contribution in [0.2, 0.25) is 0 Å². The molecule has 0 rings (SSSR count). The van der Waals surface area contributed by atoms with Crippen LogP contribution < -0.4 is 5.32 Å². The van der Waals surface area contributed by atoms with Crippen molar-refractivity contribution in [2.75, 3.05) is 4.43 Å². The smallest absolute Gasteiger partial charge is 0.404 e. The summed E-state index contributed by atoms with van der Waals surface area (Å²) >= 11 is 2.24. The Kier molecular flexibility index (Phi) is 12.5. The second-order valence-corrected chi connectivity index (χ2v) is 5.45. The van der Waals surface area contributed by atoms with Gasteiger partial charge in [0.1, 0.15) is 0 Å². The van der Waals surface area contributed by atoms with E-state index < -0.39 is 6.09 Å². The Labute approximate surface area is 119 Å². The van der Waals surface area contributed by atoms with Gasteiger partial charge in [-0.1, -0.05) is 80.9 Å². The molecule has 4 heteroatoms. The summed E-state index contributed by atoms with van der Waals surface area (Å²) in [6.07, 6.45) is 10.5. The zero-order valence-electron chi connectivity index (χ0n) is 10.9. The molecule has 0 heterocycles. The van der Waals surface area contributed by atoms with Crippen molar-refractivity contribution >= 4 is 28.7 Å². The van der Waals surface area contributed by atoms with Crippen molar-refractivity contribution in [2.45, 2.75) is 70.8 Å². The van der Waals surface area contributed by atoms with E-state index >= 15 is 0 Å². The van der Waals surface area contributed by atoms with E-state index in [-0.39, 0.29) is 6.04 Å². The first-order valence-electron chi connectivity index (χ1n) is 6.76. The maximum Gasteiger partial charge on any atom is 0.404 e. The first-order chi connectivity index (χ1) is 8.20. The molecule has 17 heavy (non-hydrogen) atoms. The molecule has 1 atom stereocenters. The summed E-state index contributed by atoms with van der Waals surface area (Å²) in [7, 11) is 0. The fourth-order valence-corrected chi connectivity index (χ4v) is 2.55. The largest absolute Gasteiger partial charge is 0.465 e. The van der Waals surface area contributed by atoms with Crippen LogP contribution in [0.4, 0.5) is 4.79 Å². The van der Waals surface area contributed by atoms with Gasteiger partial charge in [-0.2, -0.15) is 0 Å². The summed E-state index contributed by atoms with van der Waals surface area (Å²) in [4.78, 5) is 10.5. The summed E-state index contributed by atoms with van der Waals surface area (Å²) < 4.78 is 0.862. The van der Waals surface area contributed by atoms with Crippen LogP contribution in [0, 0.1) is 0 Å². The maximum absolute atomic E-state index is 10.5. The Morgan fingerprint density at radius 3 is 2.12 bits per heavy atom. The van der Waals surface area contributed by atoms with Crippen molar-refractivity contribution in [3.63, 3.8) is 0 Å². The molecule has 0 aromatic carbocycles. The average Bonchev–Trinajstić information content (AvgIpc) is 2.30. The van der Waals surface area contributed by atoms with E-state index in [2.05, 4.69) is 34.8 Å². The lowest BCUT2D eigenvalue weighted by Gasteiger charge is -2.13. The fourth-order valence-electron chi connectivity index (χ4n) is 1.89. The monoisotopic (exact) mass is 355 g/mol. The van der Waals surface area contributed by atoms with Crippen LogP contribution in [0.15, 0.2) is 0 Å². The molecular weight excluding hydrogens is 329 g/mol. The molecule has 0 spiro atoms. The number of rotatable bonds is 11. The minimum atomic E-state index is -0.897. The standard InChI is InChI=1S/C13H26INO2/c1-2-3-4-5-6-7-8-9-10-12(11-14)15-13(16)17/h12,15H,2-11H2,1H3,(H,16,17)/t12-/m1/s1. The first kappa shape index (κ1) is 17.0. The van der Waals surface area contributed by atoms with Crippen LogP contribution in [-0.2, 0) is 0 Å². The van der Waals surface area contributed by atoms with Crippen LogP contribution in [0.25, 0.3) is 0 Å². The highest BCUT2D eigenvalue weighted by atomic mass is 127. The Bertz CT molecular complexity index is 188. The van der Waals surface area contributed by atoms with E-state index in [0.29, 0.717) is 0 Å². The second-order valence-electron chi connectivity index (χ2n) is 4.56. The lowest BCUT2D eigenvalue weighted by Crippen LogP contribution is -2.34. The lowest BCUT2D eigenvalue weighted by atomic mass is 10.1. The molecular formula is C13H26INO2. The fraction of sp³-hybridized carbons (Fsp3) is 0.923. The number of halogens is 1. The molecule has 0 aromatic rings. The Hall–Kier alpha value is 0. The van der Waals surface area contributed by atoms with E-state index in [1.165, 1.54) is 44.9 Å². The van der Waals surface area contributed by atoms with E-state index in [9.17, 15) is 4.79 Å². The Morgan fingerprint density at radius 1 is 1.12 bits per heavy atom. The molecule has 3 nitrogen and oxygen atoms in total.